The van der Waals surface area contributed by atoms with Crippen LogP contribution < -0.4 is 11.0 Å². The van der Waals surface area contributed by atoms with Gasteiger partial charge in [-0.1, -0.05) is 5.16 Å². The molecule has 1 saturated carbocycles. The van der Waals surface area contributed by atoms with E-state index in [4.69, 9.17) is 4.52 Å². The van der Waals surface area contributed by atoms with Crippen molar-refractivity contribution < 1.29 is 9.32 Å². The van der Waals surface area contributed by atoms with Gasteiger partial charge < -0.3 is 14.7 Å². The standard InChI is InChI=1S/C20H23N7O3/c1-25-12-21-27(20(25)29)16-6-4-15(5-7-16)22-19(28)26-10-8-13(9-11-26)17-23-18(30-24-17)14-2-3-14/h4-7,12-14H,2-3,8-11H2,1H3,(H,22,28). The Morgan fingerprint density at radius 2 is 1.83 bits per heavy atom. The van der Waals surface area contributed by atoms with Gasteiger partial charge in [-0.3, -0.25) is 4.57 Å². The predicted octanol–water partition coefficient (Wildman–Crippen LogP) is 2.24. The number of likely N-dealkylation sites (tertiary alicyclic amines) is 1. The van der Waals surface area contributed by atoms with Gasteiger partial charge in [0.2, 0.25) is 5.89 Å². The van der Waals surface area contributed by atoms with E-state index in [9.17, 15) is 9.59 Å². The summed E-state index contributed by atoms with van der Waals surface area (Å²) in [6.07, 6.45) is 5.37. The zero-order valence-corrected chi connectivity index (χ0v) is 16.7. The third-order valence-corrected chi connectivity index (χ3v) is 5.72. The van der Waals surface area contributed by atoms with Crippen LogP contribution in [0, 0.1) is 0 Å². The van der Waals surface area contributed by atoms with Crippen LogP contribution in [0.4, 0.5) is 10.5 Å². The number of aryl methyl sites for hydroxylation is 1. The Morgan fingerprint density at radius 3 is 2.47 bits per heavy atom. The number of carbonyl (C=O) groups is 1. The highest BCUT2D eigenvalue weighted by molar-refractivity contribution is 5.89. The maximum Gasteiger partial charge on any atom is 0.350 e. The number of rotatable bonds is 4. The van der Waals surface area contributed by atoms with Crippen molar-refractivity contribution in [2.75, 3.05) is 18.4 Å². The second-order valence-electron chi connectivity index (χ2n) is 7.94. The number of nitrogens with zero attached hydrogens (tertiary/aromatic N) is 6. The minimum Gasteiger partial charge on any atom is -0.339 e. The average Bonchev–Trinajstić information content (AvgIpc) is 3.41. The Hall–Kier alpha value is -3.43. The van der Waals surface area contributed by atoms with Gasteiger partial charge in [0, 0.05) is 37.7 Å². The van der Waals surface area contributed by atoms with Crippen molar-refractivity contribution in [1.82, 2.24) is 29.4 Å². The number of carbonyl (C=O) groups excluding carboxylic acids is 1. The van der Waals surface area contributed by atoms with Gasteiger partial charge in [-0.05, 0) is 49.9 Å². The largest absolute Gasteiger partial charge is 0.350 e. The summed E-state index contributed by atoms with van der Waals surface area (Å²) in [4.78, 5) is 30.9. The maximum absolute atomic E-state index is 12.6. The fourth-order valence-corrected chi connectivity index (χ4v) is 3.69. The van der Waals surface area contributed by atoms with E-state index in [2.05, 4.69) is 20.6 Å². The second-order valence-corrected chi connectivity index (χ2v) is 7.94. The van der Waals surface area contributed by atoms with Crippen molar-refractivity contribution in [2.24, 2.45) is 7.05 Å². The van der Waals surface area contributed by atoms with Crippen LogP contribution in [-0.4, -0.2) is 48.5 Å². The van der Waals surface area contributed by atoms with Crippen molar-refractivity contribution in [3.8, 4) is 5.69 Å². The first-order valence-electron chi connectivity index (χ1n) is 10.2. The number of piperidine rings is 1. The number of aromatic nitrogens is 5. The summed E-state index contributed by atoms with van der Waals surface area (Å²) >= 11 is 0. The zero-order chi connectivity index (χ0) is 20.7. The monoisotopic (exact) mass is 409 g/mol. The van der Waals surface area contributed by atoms with Crippen LogP contribution in [0.5, 0.6) is 0 Å². The summed E-state index contributed by atoms with van der Waals surface area (Å²) in [5, 5.41) is 11.1. The normalized spacial score (nSPS) is 17.3. The van der Waals surface area contributed by atoms with Crippen LogP contribution in [0.15, 0.2) is 39.9 Å². The number of hydrogen-bond donors (Lipinski definition) is 1. The molecule has 10 heteroatoms. The second kappa shape index (κ2) is 7.43. The average molecular weight is 409 g/mol. The molecule has 0 bridgehead atoms. The SMILES string of the molecule is Cn1cnn(-c2ccc(NC(=O)N3CCC(c4noc(C5CC5)n4)CC3)cc2)c1=O. The summed E-state index contributed by atoms with van der Waals surface area (Å²) in [6, 6.07) is 6.90. The molecule has 0 unspecified atom stereocenters. The van der Waals surface area contributed by atoms with Crippen molar-refractivity contribution in [3.63, 3.8) is 0 Å². The Bertz CT molecular complexity index is 1100. The molecule has 3 aromatic rings. The first-order valence-corrected chi connectivity index (χ1v) is 10.2. The molecule has 156 valence electrons. The summed E-state index contributed by atoms with van der Waals surface area (Å²) < 4.78 is 8.08. The van der Waals surface area contributed by atoms with E-state index in [1.807, 2.05) is 0 Å². The molecule has 3 heterocycles. The van der Waals surface area contributed by atoms with Gasteiger partial charge in [0.15, 0.2) is 5.82 Å². The quantitative estimate of drug-likeness (QED) is 0.707. The van der Waals surface area contributed by atoms with Gasteiger partial charge in [-0.2, -0.15) is 14.8 Å². The highest BCUT2D eigenvalue weighted by Crippen LogP contribution is 2.39. The van der Waals surface area contributed by atoms with E-state index >= 15 is 0 Å². The van der Waals surface area contributed by atoms with Gasteiger partial charge in [-0.25, -0.2) is 9.59 Å². The van der Waals surface area contributed by atoms with E-state index in [1.165, 1.54) is 15.6 Å². The number of hydrogen-bond acceptors (Lipinski definition) is 6. The minimum absolute atomic E-state index is 0.136. The molecular weight excluding hydrogens is 386 g/mol. The molecule has 5 rings (SSSR count). The molecule has 2 aliphatic rings. The summed E-state index contributed by atoms with van der Waals surface area (Å²) in [5.74, 6) is 2.24. The summed E-state index contributed by atoms with van der Waals surface area (Å²) in [7, 11) is 1.65. The molecule has 10 nitrogen and oxygen atoms in total. The topological polar surface area (TPSA) is 111 Å². The Kier molecular flexibility index (Phi) is 4.61. The van der Waals surface area contributed by atoms with Gasteiger partial charge in [0.1, 0.15) is 6.33 Å². The fourth-order valence-electron chi connectivity index (χ4n) is 3.69. The van der Waals surface area contributed by atoms with Gasteiger partial charge in [-0.15, -0.1) is 0 Å². The van der Waals surface area contributed by atoms with E-state index in [0.717, 1.165) is 37.4 Å². The number of benzene rings is 1. The van der Waals surface area contributed by atoms with Crippen LogP contribution in [0.1, 0.15) is 49.2 Å². The first kappa shape index (κ1) is 18.6. The fraction of sp³-hybridized carbons (Fsp3) is 0.450. The molecule has 2 amide bonds. The van der Waals surface area contributed by atoms with Crippen LogP contribution in [0.2, 0.25) is 0 Å². The van der Waals surface area contributed by atoms with Crippen molar-refractivity contribution in [1.29, 1.82) is 0 Å². The lowest BCUT2D eigenvalue weighted by Gasteiger charge is -2.30. The third kappa shape index (κ3) is 3.60. The minimum atomic E-state index is -0.222. The van der Waals surface area contributed by atoms with Gasteiger partial charge >= 0.3 is 11.7 Å². The van der Waals surface area contributed by atoms with Crippen LogP contribution in [-0.2, 0) is 7.05 Å². The Balaban J connectivity index is 1.17. The van der Waals surface area contributed by atoms with E-state index in [0.29, 0.717) is 30.4 Å². The number of amides is 2. The predicted molar refractivity (Wildman–Crippen MR) is 108 cm³/mol. The molecule has 0 spiro atoms. The van der Waals surface area contributed by atoms with Crippen molar-refractivity contribution in [3.05, 3.63) is 52.8 Å². The van der Waals surface area contributed by atoms with Gasteiger partial charge in [0.25, 0.3) is 0 Å². The molecule has 2 fully saturated rings. The molecular formula is C20H23N7O3. The molecule has 1 saturated heterocycles. The molecule has 0 radical (unpaired) electrons. The Labute approximate surface area is 172 Å². The molecule has 1 N–H and O–H groups in total. The van der Waals surface area contributed by atoms with E-state index in [-0.39, 0.29) is 17.6 Å². The number of urea groups is 1. The lowest BCUT2D eigenvalue weighted by atomic mass is 9.96. The third-order valence-electron chi connectivity index (χ3n) is 5.72. The molecule has 30 heavy (non-hydrogen) atoms. The molecule has 2 aromatic heterocycles. The summed E-state index contributed by atoms with van der Waals surface area (Å²) in [5.41, 5.74) is 1.09. The van der Waals surface area contributed by atoms with Crippen LogP contribution in [0.3, 0.4) is 0 Å². The maximum atomic E-state index is 12.6. The summed E-state index contributed by atoms with van der Waals surface area (Å²) in [6.45, 7) is 1.29. The van der Waals surface area contributed by atoms with E-state index < -0.39 is 0 Å². The smallest absolute Gasteiger partial charge is 0.339 e. The molecule has 1 aliphatic heterocycles. The van der Waals surface area contributed by atoms with Crippen molar-refractivity contribution >= 4 is 11.7 Å². The van der Waals surface area contributed by atoms with Gasteiger partial charge in [0.05, 0.1) is 5.69 Å². The number of nitrogens with one attached hydrogen (secondary N) is 1. The number of anilines is 1. The Morgan fingerprint density at radius 1 is 1.10 bits per heavy atom. The first-order chi connectivity index (χ1) is 14.6. The molecule has 1 aromatic carbocycles. The van der Waals surface area contributed by atoms with Crippen LogP contribution >= 0.6 is 0 Å². The van der Waals surface area contributed by atoms with Crippen LogP contribution in [0.25, 0.3) is 5.69 Å². The van der Waals surface area contributed by atoms with Crippen molar-refractivity contribution in [2.45, 2.75) is 37.5 Å². The highest BCUT2D eigenvalue weighted by Gasteiger charge is 2.32. The zero-order valence-electron chi connectivity index (χ0n) is 16.7. The lowest BCUT2D eigenvalue weighted by Crippen LogP contribution is -2.40. The lowest BCUT2D eigenvalue weighted by molar-refractivity contribution is 0.193. The highest BCUT2D eigenvalue weighted by atomic mass is 16.5. The molecule has 1 aliphatic carbocycles. The molecule has 0 atom stereocenters. The van der Waals surface area contributed by atoms with E-state index in [1.54, 1.807) is 36.2 Å².